The molecule has 0 spiro atoms. The van der Waals surface area contributed by atoms with Gasteiger partial charge in [0.15, 0.2) is 0 Å². The summed E-state index contributed by atoms with van der Waals surface area (Å²) < 4.78 is 4.73. The number of rotatable bonds is 1. The molecule has 1 saturated carbocycles. The fraction of sp³-hybridized carbons (Fsp3) is 0.833. The van der Waals surface area contributed by atoms with Crippen LogP contribution >= 0.6 is 15.9 Å². The maximum atomic E-state index is 8.51. The zero-order chi connectivity index (χ0) is 6.91. The first-order valence-electron chi connectivity index (χ1n) is 2.83. The molecule has 0 bridgehead atoms. The highest BCUT2D eigenvalue weighted by Crippen LogP contribution is 2.40. The van der Waals surface area contributed by atoms with Gasteiger partial charge in [-0.2, -0.15) is 5.26 Å². The summed E-state index contributed by atoms with van der Waals surface area (Å²) in [5.74, 6) is 0. The summed E-state index contributed by atoms with van der Waals surface area (Å²) in [6.07, 6.45) is 1.93. The van der Waals surface area contributed by atoms with Gasteiger partial charge in [0.25, 0.3) is 0 Å². The standard InChI is InChI=1S/C6H8BrNO/c1-9-5-2-6(7,3-5)4-8/h5H,2-3H2,1H3. The molecule has 1 fully saturated rings. The minimum atomic E-state index is -0.270. The molecule has 0 heterocycles. The molecule has 1 aliphatic rings. The second-order valence-corrected chi connectivity index (χ2v) is 3.86. The molecule has 50 valence electrons. The number of methoxy groups -OCH3 is 1. The zero-order valence-electron chi connectivity index (χ0n) is 5.22. The molecule has 0 aromatic rings. The summed E-state index contributed by atoms with van der Waals surface area (Å²) in [6.45, 7) is 0. The Morgan fingerprint density at radius 2 is 2.33 bits per heavy atom. The van der Waals surface area contributed by atoms with Crippen molar-refractivity contribution in [2.75, 3.05) is 7.11 Å². The van der Waals surface area contributed by atoms with E-state index in [1.165, 1.54) is 0 Å². The Bertz CT molecular complexity index is 146. The summed E-state index contributed by atoms with van der Waals surface area (Å²) in [5.41, 5.74) is 0. The van der Waals surface area contributed by atoms with Crippen molar-refractivity contribution in [2.45, 2.75) is 23.3 Å². The van der Waals surface area contributed by atoms with Gasteiger partial charge >= 0.3 is 0 Å². The highest BCUT2D eigenvalue weighted by atomic mass is 79.9. The number of alkyl halides is 1. The Balaban J connectivity index is 2.35. The molecule has 1 aliphatic carbocycles. The van der Waals surface area contributed by atoms with E-state index in [0.29, 0.717) is 6.10 Å². The van der Waals surface area contributed by atoms with Crippen LogP contribution in [0.15, 0.2) is 0 Å². The van der Waals surface area contributed by atoms with Gasteiger partial charge in [-0.1, -0.05) is 15.9 Å². The topological polar surface area (TPSA) is 33.0 Å². The molecule has 0 N–H and O–H groups in total. The van der Waals surface area contributed by atoms with Gasteiger partial charge in [-0.05, 0) is 0 Å². The van der Waals surface area contributed by atoms with Gasteiger partial charge in [-0.25, -0.2) is 0 Å². The molecule has 0 saturated heterocycles. The van der Waals surface area contributed by atoms with E-state index >= 15 is 0 Å². The quantitative estimate of drug-likeness (QED) is 0.586. The van der Waals surface area contributed by atoms with E-state index in [4.69, 9.17) is 10.00 Å². The predicted octanol–water partition coefficient (Wildman–Crippen LogP) is 1.45. The molecule has 0 amide bonds. The smallest absolute Gasteiger partial charge is 0.117 e. The van der Waals surface area contributed by atoms with Gasteiger partial charge in [0.2, 0.25) is 0 Å². The van der Waals surface area contributed by atoms with Crippen molar-refractivity contribution in [2.24, 2.45) is 0 Å². The van der Waals surface area contributed by atoms with Gasteiger partial charge in [0.1, 0.15) is 4.32 Å². The minimum absolute atomic E-state index is 0.270. The molecule has 0 aromatic heterocycles. The average molecular weight is 190 g/mol. The molecule has 0 unspecified atom stereocenters. The second-order valence-electron chi connectivity index (χ2n) is 2.34. The monoisotopic (exact) mass is 189 g/mol. The lowest BCUT2D eigenvalue weighted by atomic mass is 9.83. The summed E-state index contributed by atoms with van der Waals surface area (Å²) in [7, 11) is 1.68. The number of ether oxygens (including phenoxy) is 1. The van der Waals surface area contributed by atoms with Crippen LogP contribution in [-0.4, -0.2) is 17.5 Å². The number of nitriles is 1. The summed E-state index contributed by atoms with van der Waals surface area (Å²) in [5, 5.41) is 8.51. The molecule has 9 heavy (non-hydrogen) atoms. The van der Waals surface area contributed by atoms with Crippen molar-refractivity contribution < 1.29 is 4.74 Å². The molecular formula is C6H8BrNO. The number of hydrogen-bond acceptors (Lipinski definition) is 2. The largest absolute Gasteiger partial charge is 0.381 e. The second kappa shape index (κ2) is 2.28. The van der Waals surface area contributed by atoms with E-state index in [9.17, 15) is 0 Å². The van der Waals surface area contributed by atoms with E-state index in [2.05, 4.69) is 22.0 Å². The predicted molar refractivity (Wildman–Crippen MR) is 37.3 cm³/mol. The third kappa shape index (κ3) is 1.25. The van der Waals surface area contributed by atoms with Crippen LogP contribution in [0.5, 0.6) is 0 Å². The minimum Gasteiger partial charge on any atom is -0.381 e. The molecule has 2 nitrogen and oxygen atoms in total. The lowest BCUT2D eigenvalue weighted by molar-refractivity contribution is 0.0320. The molecular weight excluding hydrogens is 182 g/mol. The van der Waals surface area contributed by atoms with Crippen molar-refractivity contribution in [1.82, 2.24) is 0 Å². The van der Waals surface area contributed by atoms with Gasteiger partial charge in [0, 0.05) is 20.0 Å². The Hall–Kier alpha value is -0.0700. The van der Waals surface area contributed by atoms with Crippen LogP contribution in [0.25, 0.3) is 0 Å². The van der Waals surface area contributed by atoms with Crippen LogP contribution in [-0.2, 0) is 4.74 Å². The first kappa shape index (κ1) is 7.04. The maximum absolute atomic E-state index is 8.51. The van der Waals surface area contributed by atoms with Gasteiger partial charge in [0.05, 0.1) is 12.2 Å². The van der Waals surface area contributed by atoms with Crippen LogP contribution < -0.4 is 0 Å². The number of hydrogen-bond donors (Lipinski definition) is 0. The third-order valence-electron chi connectivity index (χ3n) is 1.64. The SMILES string of the molecule is COC1CC(Br)(C#N)C1. The first-order valence-corrected chi connectivity index (χ1v) is 3.62. The van der Waals surface area contributed by atoms with Crippen LogP contribution in [0.3, 0.4) is 0 Å². The van der Waals surface area contributed by atoms with Crippen LogP contribution in [0.1, 0.15) is 12.8 Å². The lowest BCUT2D eigenvalue weighted by Gasteiger charge is -2.36. The summed E-state index contributed by atoms with van der Waals surface area (Å²) in [4.78, 5) is 0. The van der Waals surface area contributed by atoms with E-state index in [1.54, 1.807) is 7.11 Å². The molecule has 0 aliphatic heterocycles. The maximum Gasteiger partial charge on any atom is 0.117 e. The Kier molecular flexibility index (Phi) is 1.78. The normalized spacial score (nSPS) is 41.2. The van der Waals surface area contributed by atoms with Gasteiger partial charge < -0.3 is 4.74 Å². The lowest BCUT2D eigenvalue weighted by Crippen LogP contribution is -2.41. The van der Waals surface area contributed by atoms with Crippen molar-refractivity contribution >= 4 is 15.9 Å². The van der Waals surface area contributed by atoms with E-state index < -0.39 is 0 Å². The number of halogens is 1. The van der Waals surface area contributed by atoms with Gasteiger partial charge in [-0.15, -0.1) is 0 Å². The van der Waals surface area contributed by atoms with Crippen molar-refractivity contribution in [1.29, 1.82) is 5.26 Å². The first-order chi connectivity index (χ1) is 4.20. The molecule has 0 atom stereocenters. The van der Waals surface area contributed by atoms with Crippen molar-refractivity contribution in [3.63, 3.8) is 0 Å². The molecule has 3 heteroatoms. The summed E-state index contributed by atoms with van der Waals surface area (Å²) >= 11 is 3.31. The Labute approximate surface area is 62.9 Å². The average Bonchev–Trinajstić information content (AvgIpc) is 1.81. The van der Waals surface area contributed by atoms with Crippen LogP contribution in [0.2, 0.25) is 0 Å². The Morgan fingerprint density at radius 3 is 2.67 bits per heavy atom. The molecule has 0 aromatic carbocycles. The third-order valence-corrected chi connectivity index (χ3v) is 2.46. The van der Waals surface area contributed by atoms with Crippen molar-refractivity contribution in [3.05, 3.63) is 0 Å². The van der Waals surface area contributed by atoms with E-state index in [1.807, 2.05) is 0 Å². The highest BCUT2D eigenvalue weighted by Gasteiger charge is 2.42. The summed E-state index contributed by atoms with van der Waals surface area (Å²) in [6, 6.07) is 2.18. The van der Waals surface area contributed by atoms with Crippen LogP contribution in [0.4, 0.5) is 0 Å². The van der Waals surface area contributed by atoms with E-state index in [-0.39, 0.29) is 4.32 Å². The fourth-order valence-corrected chi connectivity index (χ4v) is 1.64. The van der Waals surface area contributed by atoms with Gasteiger partial charge in [-0.3, -0.25) is 0 Å². The van der Waals surface area contributed by atoms with Crippen molar-refractivity contribution in [3.8, 4) is 6.07 Å². The van der Waals surface area contributed by atoms with E-state index in [0.717, 1.165) is 12.8 Å². The Morgan fingerprint density at radius 1 is 1.78 bits per heavy atom. The zero-order valence-corrected chi connectivity index (χ0v) is 6.81. The molecule has 1 rings (SSSR count). The number of nitrogens with zero attached hydrogens (tertiary/aromatic N) is 1. The molecule has 0 radical (unpaired) electrons. The van der Waals surface area contributed by atoms with Crippen LogP contribution in [0, 0.1) is 11.3 Å². The highest BCUT2D eigenvalue weighted by molar-refractivity contribution is 9.10. The fourth-order valence-electron chi connectivity index (χ4n) is 0.920.